The van der Waals surface area contributed by atoms with Gasteiger partial charge in [-0.05, 0) is 6.66 Å². The summed E-state index contributed by atoms with van der Waals surface area (Å²) < 4.78 is 9.63. The van der Waals surface area contributed by atoms with Crippen molar-refractivity contribution in [3.8, 4) is 0 Å². The van der Waals surface area contributed by atoms with Crippen molar-refractivity contribution >= 4 is 19.9 Å². The predicted octanol–water partition coefficient (Wildman–Crippen LogP) is 1.56. The van der Waals surface area contributed by atoms with E-state index in [1.807, 2.05) is 6.66 Å². The topological polar surface area (TPSA) is 52.6 Å². The minimum Gasteiger partial charge on any atom is -0.461 e. The fourth-order valence-electron chi connectivity index (χ4n) is 0.892. The zero-order chi connectivity index (χ0) is 12.4. The highest BCUT2D eigenvalue weighted by Crippen LogP contribution is 2.29. The first-order chi connectivity index (χ1) is 7.60. The molecule has 0 N–H and O–H groups in total. The molecular weight excluding hydrogens is 227 g/mol. The Morgan fingerprint density at radius 1 is 1.06 bits per heavy atom. The van der Waals surface area contributed by atoms with Gasteiger partial charge in [-0.15, -0.1) is 0 Å². The highest BCUT2D eigenvalue weighted by Gasteiger charge is 2.13. The molecule has 90 valence electrons. The van der Waals surface area contributed by atoms with E-state index in [2.05, 4.69) is 13.2 Å². The summed E-state index contributed by atoms with van der Waals surface area (Å²) in [6.45, 7) is 9.16. The highest BCUT2D eigenvalue weighted by atomic mass is 31.1. The molecule has 0 fully saturated rings. The fraction of sp³-hybridized carbons (Fsp3) is 0.455. The molecule has 0 bridgehead atoms. The number of carbonyl (C=O) groups is 2. The van der Waals surface area contributed by atoms with Gasteiger partial charge in [0.1, 0.15) is 13.2 Å². The normalized spacial score (nSPS) is 9.62. The second kappa shape index (κ2) is 9.10. The molecule has 0 saturated carbocycles. The standard InChI is InChI=1S/C11H17O4P/c1-4-6-14-10(12)8-16(3)9-11(13)15-7-5-2/h4-5H,1-2,6-9H2,3H3. The number of rotatable bonds is 8. The molecule has 0 aromatic carbocycles. The van der Waals surface area contributed by atoms with Crippen LogP contribution in [0.4, 0.5) is 0 Å². The van der Waals surface area contributed by atoms with Crippen LogP contribution in [0, 0.1) is 0 Å². The van der Waals surface area contributed by atoms with Gasteiger partial charge in [0, 0.05) is 0 Å². The smallest absolute Gasteiger partial charge is 0.310 e. The monoisotopic (exact) mass is 244 g/mol. The van der Waals surface area contributed by atoms with Gasteiger partial charge < -0.3 is 9.47 Å². The zero-order valence-corrected chi connectivity index (χ0v) is 10.4. The van der Waals surface area contributed by atoms with Crippen LogP contribution in [0.1, 0.15) is 0 Å². The van der Waals surface area contributed by atoms with Crippen molar-refractivity contribution in [3.05, 3.63) is 25.3 Å². The maximum Gasteiger partial charge on any atom is 0.310 e. The molecule has 16 heavy (non-hydrogen) atoms. The average molecular weight is 244 g/mol. The van der Waals surface area contributed by atoms with Crippen molar-refractivity contribution in [1.82, 2.24) is 0 Å². The molecule has 0 aromatic heterocycles. The first-order valence-corrected chi connectivity index (χ1v) is 6.97. The lowest BCUT2D eigenvalue weighted by Gasteiger charge is -2.10. The van der Waals surface area contributed by atoms with Crippen LogP contribution < -0.4 is 0 Å². The molecule has 0 atom stereocenters. The Morgan fingerprint density at radius 2 is 1.44 bits per heavy atom. The largest absolute Gasteiger partial charge is 0.461 e. The SMILES string of the molecule is C=CCOC(=O)CP(C)CC(=O)OCC=C. The Kier molecular flexibility index (Phi) is 8.45. The first kappa shape index (κ1) is 14.8. The average Bonchev–Trinajstić information content (AvgIpc) is 2.23. The minimum absolute atomic E-state index is 0.211. The first-order valence-electron chi connectivity index (χ1n) is 4.81. The summed E-state index contributed by atoms with van der Waals surface area (Å²) in [7, 11) is -0.710. The van der Waals surface area contributed by atoms with Crippen LogP contribution in [0.2, 0.25) is 0 Å². The Balaban J connectivity index is 3.75. The second-order valence-corrected chi connectivity index (χ2v) is 5.46. The van der Waals surface area contributed by atoms with Gasteiger partial charge in [-0.25, -0.2) is 0 Å². The van der Waals surface area contributed by atoms with Gasteiger partial charge in [-0.3, -0.25) is 9.59 Å². The molecular formula is C11H17O4P. The number of hydrogen-bond acceptors (Lipinski definition) is 4. The summed E-state index contributed by atoms with van der Waals surface area (Å²) in [5, 5.41) is 0. The van der Waals surface area contributed by atoms with E-state index in [-0.39, 0.29) is 37.5 Å². The van der Waals surface area contributed by atoms with Gasteiger partial charge >= 0.3 is 11.9 Å². The number of carbonyl (C=O) groups excluding carboxylic acids is 2. The van der Waals surface area contributed by atoms with Crippen molar-refractivity contribution in [3.63, 3.8) is 0 Å². The summed E-state index contributed by atoms with van der Waals surface area (Å²) in [6.07, 6.45) is 3.56. The molecule has 0 aliphatic carbocycles. The van der Waals surface area contributed by atoms with E-state index in [1.54, 1.807) is 0 Å². The predicted molar refractivity (Wildman–Crippen MR) is 64.9 cm³/mol. The van der Waals surface area contributed by atoms with Crippen LogP contribution in [0.3, 0.4) is 0 Å². The van der Waals surface area contributed by atoms with Crippen LogP contribution in [0.25, 0.3) is 0 Å². The Bertz CT molecular complexity index is 237. The molecule has 0 heterocycles. The zero-order valence-electron chi connectivity index (χ0n) is 9.48. The quantitative estimate of drug-likeness (QED) is 0.369. The van der Waals surface area contributed by atoms with E-state index < -0.39 is 7.92 Å². The van der Waals surface area contributed by atoms with Crippen LogP contribution in [-0.2, 0) is 19.1 Å². The van der Waals surface area contributed by atoms with Crippen LogP contribution in [-0.4, -0.2) is 44.1 Å². The minimum atomic E-state index is -0.710. The van der Waals surface area contributed by atoms with E-state index in [9.17, 15) is 9.59 Å². The van der Waals surface area contributed by atoms with Gasteiger partial charge in [0.05, 0.1) is 12.3 Å². The lowest BCUT2D eigenvalue weighted by Crippen LogP contribution is -2.14. The summed E-state index contributed by atoms with van der Waals surface area (Å²) in [5.41, 5.74) is 0. The summed E-state index contributed by atoms with van der Waals surface area (Å²) >= 11 is 0. The highest BCUT2D eigenvalue weighted by molar-refractivity contribution is 7.58. The Morgan fingerprint density at radius 3 is 1.75 bits per heavy atom. The van der Waals surface area contributed by atoms with E-state index >= 15 is 0 Å². The second-order valence-electron chi connectivity index (χ2n) is 3.12. The van der Waals surface area contributed by atoms with Crippen LogP contribution in [0.5, 0.6) is 0 Å². The molecule has 0 unspecified atom stereocenters. The number of esters is 2. The van der Waals surface area contributed by atoms with Gasteiger partial charge in [0.25, 0.3) is 0 Å². The van der Waals surface area contributed by atoms with Gasteiger partial charge in [-0.2, -0.15) is 0 Å². The van der Waals surface area contributed by atoms with E-state index in [1.165, 1.54) is 12.2 Å². The van der Waals surface area contributed by atoms with Crippen molar-refractivity contribution in [2.24, 2.45) is 0 Å². The maximum atomic E-state index is 11.2. The molecule has 0 spiro atoms. The fourth-order valence-corrected chi connectivity index (χ4v) is 2.07. The van der Waals surface area contributed by atoms with Crippen molar-refractivity contribution in [2.45, 2.75) is 0 Å². The Labute approximate surface area is 97.1 Å². The van der Waals surface area contributed by atoms with E-state index in [0.717, 1.165) is 0 Å². The van der Waals surface area contributed by atoms with Gasteiger partial charge in [0.2, 0.25) is 0 Å². The van der Waals surface area contributed by atoms with Crippen LogP contribution >= 0.6 is 7.92 Å². The third-order valence-corrected chi connectivity index (χ3v) is 3.12. The molecule has 0 aromatic rings. The van der Waals surface area contributed by atoms with Crippen molar-refractivity contribution in [2.75, 3.05) is 32.2 Å². The van der Waals surface area contributed by atoms with Gasteiger partial charge in [0.15, 0.2) is 0 Å². The van der Waals surface area contributed by atoms with Crippen molar-refractivity contribution < 1.29 is 19.1 Å². The molecule has 0 aliphatic heterocycles. The lowest BCUT2D eigenvalue weighted by molar-refractivity contribution is -0.139. The van der Waals surface area contributed by atoms with Gasteiger partial charge in [-0.1, -0.05) is 33.2 Å². The molecule has 0 saturated heterocycles. The molecule has 0 radical (unpaired) electrons. The molecule has 0 amide bonds. The molecule has 4 nitrogen and oxygen atoms in total. The molecule has 5 heteroatoms. The summed E-state index contributed by atoms with van der Waals surface area (Å²) in [4.78, 5) is 22.4. The third kappa shape index (κ3) is 8.18. The molecule has 0 aliphatic rings. The van der Waals surface area contributed by atoms with E-state index in [4.69, 9.17) is 9.47 Å². The lowest BCUT2D eigenvalue weighted by atomic mass is 10.7. The molecule has 0 rings (SSSR count). The third-order valence-electron chi connectivity index (χ3n) is 1.52. The summed E-state index contributed by atoms with van der Waals surface area (Å²) in [6, 6.07) is 0. The van der Waals surface area contributed by atoms with Crippen LogP contribution in [0.15, 0.2) is 25.3 Å². The maximum absolute atomic E-state index is 11.2. The number of ether oxygens (including phenoxy) is 2. The van der Waals surface area contributed by atoms with Crippen molar-refractivity contribution in [1.29, 1.82) is 0 Å². The Hall–Kier alpha value is -1.15. The summed E-state index contributed by atoms with van der Waals surface area (Å²) in [5.74, 6) is -0.602. The number of hydrogen-bond donors (Lipinski definition) is 0. The van der Waals surface area contributed by atoms with E-state index in [0.29, 0.717) is 0 Å².